The van der Waals surface area contributed by atoms with Gasteiger partial charge in [-0.1, -0.05) is 43.2 Å². The number of sulfonamides is 1. The molecular formula is C16H21NO3S. The number of carbonyl (C=O) groups excluding carboxylic acids is 1. The van der Waals surface area contributed by atoms with Crippen molar-refractivity contribution in [3.05, 3.63) is 35.9 Å². The molecule has 1 aromatic rings. The normalized spacial score (nSPS) is 24.5. The van der Waals surface area contributed by atoms with Crippen LogP contribution in [0.4, 0.5) is 0 Å². The van der Waals surface area contributed by atoms with Crippen molar-refractivity contribution in [3.63, 3.8) is 0 Å². The van der Waals surface area contributed by atoms with E-state index in [1.54, 1.807) is 12.1 Å². The van der Waals surface area contributed by atoms with Crippen LogP contribution in [0.3, 0.4) is 0 Å². The Labute approximate surface area is 126 Å². The third kappa shape index (κ3) is 2.77. The molecule has 0 aromatic heterocycles. The Morgan fingerprint density at radius 2 is 1.67 bits per heavy atom. The van der Waals surface area contributed by atoms with Gasteiger partial charge in [-0.05, 0) is 25.7 Å². The number of hydrogen-bond donors (Lipinski definition) is 0. The fourth-order valence-corrected chi connectivity index (χ4v) is 5.73. The fourth-order valence-electron chi connectivity index (χ4n) is 3.48. The van der Waals surface area contributed by atoms with Crippen LogP contribution in [-0.4, -0.2) is 36.3 Å². The van der Waals surface area contributed by atoms with E-state index >= 15 is 0 Å². The van der Waals surface area contributed by atoms with E-state index in [2.05, 4.69) is 0 Å². The number of hydrogen-bond acceptors (Lipinski definition) is 3. The van der Waals surface area contributed by atoms with E-state index in [1.807, 2.05) is 18.2 Å². The van der Waals surface area contributed by atoms with Crippen LogP contribution < -0.4 is 0 Å². The Bertz CT molecular complexity index is 606. The zero-order valence-corrected chi connectivity index (χ0v) is 12.9. The predicted molar refractivity (Wildman–Crippen MR) is 81.7 cm³/mol. The van der Waals surface area contributed by atoms with Crippen molar-refractivity contribution in [3.8, 4) is 0 Å². The fraction of sp³-hybridized carbons (Fsp3) is 0.562. The first-order chi connectivity index (χ1) is 10.1. The Morgan fingerprint density at radius 1 is 1.00 bits per heavy atom. The lowest BCUT2D eigenvalue weighted by Crippen LogP contribution is -2.44. The van der Waals surface area contributed by atoms with E-state index in [0.717, 1.165) is 32.1 Å². The number of Topliss-reactive ketones (excluding diaryl/α,β-unsaturated/α-hetero) is 1. The van der Waals surface area contributed by atoms with Gasteiger partial charge in [0.2, 0.25) is 10.0 Å². The zero-order valence-electron chi connectivity index (χ0n) is 12.1. The quantitative estimate of drug-likeness (QED) is 0.803. The summed E-state index contributed by atoms with van der Waals surface area (Å²) in [5, 5.41) is -0.276. The predicted octanol–water partition coefficient (Wildman–Crippen LogP) is 2.61. The molecule has 1 aliphatic carbocycles. The minimum atomic E-state index is -3.33. The molecule has 2 fully saturated rings. The molecule has 1 unspecified atom stereocenters. The molecule has 0 N–H and O–H groups in total. The summed E-state index contributed by atoms with van der Waals surface area (Å²) in [4.78, 5) is 12.6. The van der Waals surface area contributed by atoms with Crippen molar-refractivity contribution in [1.82, 2.24) is 4.31 Å². The van der Waals surface area contributed by atoms with Crippen molar-refractivity contribution in [2.45, 2.75) is 49.8 Å². The molecule has 0 spiro atoms. The first-order valence-corrected chi connectivity index (χ1v) is 9.21. The lowest BCUT2D eigenvalue weighted by molar-refractivity contribution is 0.0917. The van der Waals surface area contributed by atoms with Gasteiger partial charge in [-0.2, -0.15) is 4.31 Å². The van der Waals surface area contributed by atoms with E-state index in [1.165, 1.54) is 4.31 Å². The average molecular weight is 307 g/mol. The molecule has 4 nitrogen and oxygen atoms in total. The highest BCUT2D eigenvalue weighted by Gasteiger charge is 2.43. The highest BCUT2D eigenvalue weighted by atomic mass is 32.2. The van der Waals surface area contributed by atoms with Gasteiger partial charge in [-0.3, -0.25) is 4.79 Å². The highest BCUT2D eigenvalue weighted by Crippen LogP contribution is 2.32. The minimum Gasteiger partial charge on any atom is -0.292 e. The number of carbonyl (C=O) groups is 1. The number of nitrogens with zero attached hydrogens (tertiary/aromatic N) is 1. The molecule has 2 aliphatic rings. The van der Waals surface area contributed by atoms with E-state index in [9.17, 15) is 13.2 Å². The zero-order chi connectivity index (χ0) is 14.9. The third-order valence-corrected chi connectivity index (χ3v) is 7.02. The van der Waals surface area contributed by atoms with Crippen LogP contribution in [0.5, 0.6) is 0 Å². The van der Waals surface area contributed by atoms with Gasteiger partial charge >= 0.3 is 0 Å². The standard InChI is InChI=1S/C16H21NO3S/c18-16(13-7-2-1-3-8-13)15-11-6-12-17(15)21(19,20)14-9-4-5-10-14/h1-3,7-8,14-15H,4-6,9-12H2. The lowest BCUT2D eigenvalue weighted by Gasteiger charge is -2.26. The maximum Gasteiger partial charge on any atom is 0.217 e. The number of ketones is 1. The second-order valence-corrected chi connectivity index (χ2v) is 8.12. The number of rotatable bonds is 4. The summed E-state index contributed by atoms with van der Waals surface area (Å²) < 4.78 is 27.0. The van der Waals surface area contributed by atoms with Gasteiger partial charge < -0.3 is 0 Å². The van der Waals surface area contributed by atoms with Crippen LogP contribution in [0.15, 0.2) is 30.3 Å². The largest absolute Gasteiger partial charge is 0.292 e. The highest BCUT2D eigenvalue weighted by molar-refractivity contribution is 7.89. The summed E-state index contributed by atoms with van der Waals surface area (Å²) in [5.41, 5.74) is 0.607. The summed E-state index contributed by atoms with van der Waals surface area (Å²) in [5.74, 6) is -0.0605. The monoisotopic (exact) mass is 307 g/mol. The van der Waals surface area contributed by atoms with Crippen LogP contribution in [0.25, 0.3) is 0 Å². The molecule has 1 atom stereocenters. The molecule has 1 heterocycles. The van der Waals surface area contributed by atoms with Crippen LogP contribution in [-0.2, 0) is 10.0 Å². The summed E-state index contributed by atoms with van der Waals surface area (Å²) in [6, 6.07) is 8.52. The van der Waals surface area contributed by atoms with E-state index < -0.39 is 16.1 Å². The Balaban J connectivity index is 1.84. The third-order valence-electron chi connectivity index (χ3n) is 4.61. The van der Waals surface area contributed by atoms with Gasteiger partial charge in [-0.15, -0.1) is 0 Å². The first kappa shape index (κ1) is 14.7. The van der Waals surface area contributed by atoms with Crippen LogP contribution in [0, 0.1) is 0 Å². The Hall–Kier alpha value is -1.20. The molecule has 0 radical (unpaired) electrons. The Morgan fingerprint density at radius 3 is 2.33 bits per heavy atom. The second kappa shape index (κ2) is 5.89. The van der Waals surface area contributed by atoms with E-state index in [0.29, 0.717) is 18.5 Å². The molecule has 1 saturated carbocycles. The van der Waals surface area contributed by atoms with Gasteiger partial charge in [0, 0.05) is 12.1 Å². The molecule has 1 aliphatic heterocycles. The summed E-state index contributed by atoms with van der Waals surface area (Å²) in [7, 11) is -3.33. The topological polar surface area (TPSA) is 54.5 Å². The summed E-state index contributed by atoms with van der Waals surface area (Å²) in [6.45, 7) is 0.488. The van der Waals surface area contributed by atoms with Gasteiger partial charge in [0.1, 0.15) is 0 Å². The van der Waals surface area contributed by atoms with Gasteiger partial charge in [-0.25, -0.2) is 8.42 Å². The van der Waals surface area contributed by atoms with Crippen molar-refractivity contribution < 1.29 is 13.2 Å². The molecule has 5 heteroatoms. The maximum absolute atomic E-state index is 12.8. The molecule has 0 bridgehead atoms. The second-order valence-electron chi connectivity index (χ2n) is 5.95. The number of benzene rings is 1. The average Bonchev–Trinajstić information content (AvgIpc) is 3.19. The van der Waals surface area contributed by atoms with Crippen molar-refractivity contribution in [2.75, 3.05) is 6.54 Å². The van der Waals surface area contributed by atoms with Crippen molar-refractivity contribution in [2.24, 2.45) is 0 Å². The summed E-state index contributed by atoms with van der Waals surface area (Å²) in [6.07, 6.45) is 4.86. The first-order valence-electron chi connectivity index (χ1n) is 7.70. The smallest absolute Gasteiger partial charge is 0.217 e. The molecule has 3 rings (SSSR count). The van der Waals surface area contributed by atoms with Gasteiger partial charge in [0.15, 0.2) is 5.78 Å². The van der Waals surface area contributed by atoms with Gasteiger partial charge in [0.05, 0.1) is 11.3 Å². The minimum absolute atomic E-state index is 0.0605. The summed E-state index contributed by atoms with van der Waals surface area (Å²) >= 11 is 0. The molecule has 21 heavy (non-hydrogen) atoms. The van der Waals surface area contributed by atoms with Crippen LogP contribution in [0.2, 0.25) is 0 Å². The molecular weight excluding hydrogens is 286 g/mol. The van der Waals surface area contributed by atoms with Crippen LogP contribution >= 0.6 is 0 Å². The van der Waals surface area contributed by atoms with Crippen molar-refractivity contribution in [1.29, 1.82) is 0 Å². The lowest BCUT2D eigenvalue weighted by atomic mass is 10.0. The molecule has 1 saturated heterocycles. The van der Waals surface area contributed by atoms with Gasteiger partial charge in [0.25, 0.3) is 0 Å². The van der Waals surface area contributed by atoms with E-state index in [4.69, 9.17) is 0 Å². The SMILES string of the molecule is O=C(c1ccccc1)C1CCCN1S(=O)(=O)C1CCCC1. The van der Waals surface area contributed by atoms with Crippen LogP contribution in [0.1, 0.15) is 48.9 Å². The molecule has 0 amide bonds. The Kier molecular flexibility index (Phi) is 4.13. The van der Waals surface area contributed by atoms with Crippen molar-refractivity contribution >= 4 is 15.8 Å². The molecule has 114 valence electrons. The molecule has 1 aromatic carbocycles. The van der Waals surface area contributed by atoms with E-state index in [-0.39, 0.29) is 11.0 Å². The maximum atomic E-state index is 12.8.